The zero-order valence-corrected chi connectivity index (χ0v) is 12.3. The van der Waals surface area contributed by atoms with Gasteiger partial charge in [0.05, 0.1) is 11.4 Å². The molecule has 1 aliphatic rings. The summed E-state index contributed by atoms with van der Waals surface area (Å²) in [6, 6.07) is 3.36. The zero-order valence-electron chi connectivity index (χ0n) is 11.4. The van der Waals surface area contributed by atoms with E-state index in [9.17, 15) is 14.4 Å². The lowest BCUT2D eigenvalue weighted by Gasteiger charge is -2.34. The van der Waals surface area contributed by atoms with Crippen molar-refractivity contribution in [3.63, 3.8) is 0 Å². The molecular weight excluding hydrogens is 278 g/mol. The summed E-state index contributed by atoms with van der Waals surface area (Å²) in [4.78, 5) is 37.9. The Kier molecular flexibility index (Phi) is 3.92. The molecule has 1 fully saturated rings. The minimum absolute atomic E-state index is 0.163. The fraction of sp³-hybridized carbons (Fsp3) is 0.462. The molecule has 1 saturated heterocycles. The van der Waals surface area contributed by atoms with Crippen molar-refractivity contribution >= 4 is 29.1 Å². The lowest BCUT2D eigenvalue weighted by Crippen LogP contribution is -2.45. The van der Waals surface area contributed by atoms with Gasteiger partial charge in [-0.2, -0.15) is 0 Å². The second-order valence-electron chi connectivity index (χ2n) is 5.63. The van der Waals surface area contributed by atoms with Crippen LogP contribution in [-0.2, 0) is 16.1 Å². The maximum atomic E-state index is 12.0. The fourth-order valence-corrected chi connectivity index (χ4v) is 3.10. The first kappa shape index (κ1) is 14.7. The quantitative estimate of drug-likeness (QED) is 0.377. The summed E-state index contributed by atoms with van der Waals surface area (Å²) in [6.07, 6.45) is 0.723. The van der Waals surface area contributed by atoms with Crippen molar-refractivity contribution < 1.29 is 14.4 Å². The van der Waals surface area contributed by atoms with Crippen LogP contribution < -0.4 is 11.3 Å². The van der Waals surface area contributed by atoms with Gasteiger partial charge in [0.25, 0.3) is 5.91 Å². The minimum atomic E-state index is -0.376. The van der Waals surface area contributed by atoms with E-state index in [1.54, 1.807) is 12.1 Å². The molecule has 1 aromatic rings. The van der Waals surface area contributed by atoms with Crippen LogP contribution >= 0.6 is 11.3 Å². The van der Waals surface area contributed by atoms with Gasteiger partial charge in [-0.15, -0.1) is 11.3 Å². The average molecular weight is 295 g/mol. The number of nitrogen functional groups attached to an aromatic ring is 1. The van der Waals surface area contributed by atoms with Gasteiger partial charge in [0, 0.05) is 17.7 Å². The Labute approximate surface area is 120 Å². The normalized spacial score (nSPS) is 18.2. The summed E-state index contributed by atoms with van der Waals surface area (Å²) < 4.78 is 0. The Morgan fingerprint density at radius 3 is 2.50 bits per heavy atom. The van der Waals surface area contributed by atoms with Gasteiger partial charge in [-0.25, -0.2) is 5.84 Å². The Hall–Kier alpha value is -1.73. The molecule has 0 bridgehead atoms. The molecule has 0 aliphatic carbocycles. The highest BCUT2D eigenvalue weighted by atomic mass is 32.1. The number of nitrogens with zero attached hydrogens (tertiary/aromatic N) is 1. The summed E-state index contributed by atoms with van der Waals surface area (Å²) >= 11 is 1.23. The van der Waals surface area contributed by atoms with Gasteiger partial charge in [0.2, 0.25) is 11.8 Å². The van der Waals surface area contributed by atoms with Crippen LogP contribution in [0.5, 0.6) is 0 Å². The van der Waals surface area contributed by atoms with E-state index in [2.05, 4.69) is 5.43 Å². The molecule has 1 aromatic heterocycles. The predicted molar refractivity (Wildman–Crippen MR) is 74.5 cm³/mol. The third-order valence-corrected chi connectivity index (χ3v) is 4.26. The van der Waals surface area contributed by atoms with E-state index in [1.165, 1.54) is 16.2 Å². The van der Waals surface area contributed by atoms with E-state index in [0.717, 1.165) is 4.88 Å². The first-order valence-electron chi connectivity index (χ1n) is 6.25. The van der Waals surface area contributed by atoms with E-state index in [-0.39, 0.29) is 29.7 Å². The van der Waals surface area contributed by atoms with Crippen molar-refractivity contribution in [3.05, 3.63) is 21.9 Å². The van der Waals surface area contributed by atoms with Gasteiger partial charge < -0.3 is 0 Å². The Balaban J connectivity index is 2.10. The highest BCUT2D eigenvalue weighted by Gasteiger charge is 2.37. The molecule has 3 amide bonds. The number of hydrazine groups is 1. The molecule has 0 saturated carbocycles. The molecule has 2 rings (SSSR count). The SMILES string of the molecule is CC1(C)CC(=O)N(Cc2ccc(C(=O)NN)s2)C(=O)C1. The molecule has 108 valence electrons. The standard InChI is InChI=1S/C13H17N3O3S/c1-13(2)5-10(17)16(11(18)6-13)7-8-3-4-9(20-8)12(19)15-14/h3-4H,5-7,14H2,1-2H3,(H,15,19). The van der Waals surface area contributed by atoms with Crippen molar-refractivity contribution in [1.82, 2.24) is 10.3 Å². The van der Waals surface area contributed by atoms with Gasteiger partial charge in [-0.3, -0.25) is 24.7 Å². The summed E-state index contributed by atoms with van der Waals surface area (Å²) in [5.74, 6) is 4.36. The van der Waals surface area contributed by atoms with Gasteiger partial charge in [0.15, 0.2) is 0 Å². The van der Waals surface area contributed by atoms with Crippen LogP contribution in [0.2, 0.25) is 0 Å². The second kappa shape index (κ2) is 5.34. The maximum Gasteiger partial charge on any atom is 0.275 e. The number of carbonyl (C=O) groups is 3. The topological polar surface area (TPSA) is 92.5 Å². The molecular formula is C13H17N3O3S. The first-order chi connectivity index (χ1) is 9.32. The molecule has 0 radical (unpaired) electrons. The molecule has 0 spiro atoms. The second-order valence-corrected chi connectivity index (χ2v) is 6.80. The summed E-state index contributed by atoms with van der Waals surface area (Å²) in [7, 11) is 0. The monoisotopic (exact) mass is 295 g/mol. The van der Waals surface area contributed by atoms with E-state index >= 15 is 0 Å². The molecule has 7 heteroatoms. The van der Waals surface area contributed by atoms with Crippen LogP contribution in [0.15, 0.2) is 12.1 Å². The zero-order chi connectivity index (χ0) is 14.9. The summed E-state index contributed by atoms with van der Waals surface area (Å²) in [6.45, 7) is 4.04. The smallest absolute Gasteiger partial charge is 0.275 e. The number of nitrogens with two attached hydrogens (primary N) is 1. The summed E-state index contributed by atoms with van der Waals surface area (Å²) in [5.41, 5.74) is 1.78. The Morgan fingerprint density at radius 1 is 1.35 bits per heavy atom. The van der Waals surface area contributed by atoms with Crippen molar-refractivity contribution in [1.29, 1.82) is 0 Å². The Morgan fingerprint density at radius 2 is 1.95 bits per heavy atom. The molecule has 1 aliphatic heterocycles. The van der Waals surface area contributed by atoms with Crippen LogP contribution in [0.25, 0.3) is 0 Å². The number of nitrogens with one attached hydrogen (secondary N) is 1. The highest BCUT2D eigenvalue weighted by molar-refractivity contribution is 7.14. The molecule has 6 nitrogen and oxygen atoms in total. The lowest BCUT2D eigenvalue weighted by atomic mass is 9.82. The largest absolute Gasteiger partial charge is 0.289 e. The molecule has 0 unspecified atom stereocenters. The van der Waals surface area contributed by atoms with E-state index in [4.69, 9.17) is 5.84 Å². The van der Waals surface area contributed by atoms with E-state index < -0.39 is 0 Å². The minimum Gasteiger partial charge on any atom is -0.289 e. The van der Waals surface area contributed by atoms with Crippen LogP contribution in [0.4, 0.5) is 0 Å². The molecule has 20 heavy (non-hydrogen) atoms. The molecule has 0 atom stereocenters. The highest BCUT2D eigenvalue weighted by Crippen LogP contribution is 2.32. The Bertz CT molecular complexity index is 545. The van der Waals surface area contributed by atoms with Crippen LogP contribution in [0.1, 0.15) is 41.2 Å². The number of hydrogen-bond acceptors (Lipinski definition) is 5. The predicted octanol–water partition coefficient (Wildman–Crippen LogP) is 1.03. The van der Waals surface area contributed by atoms with Crippen molar-refractivity contribution in [2.45, 2.75) is 33.2 Å². The van der Waals surface area contributed by atoms with Crippen LogP contribution in [-0.4, -0.2) is 22.6 Å². The third-order valence-electron chi connectivity index (χ3n) is 3.19. The molecule has 2 heterocycles. The number of rotatable bonds is 3. The van der Waals surface area contributed by atoms with E-state index in [0.29, 0.717) is 17.7 Å². The van der Waals surface area contributed by atoms with Gasteiger partial charge >= 0.3 is 0 Å². The van der Waals surface area contributed by atoms with Crippen LogP contribution in [0, 0.1) is 5.41 Å². The number of piperidine rings is 1. The van der Waals surface area contributed by atoms with Crippen molar-refractivity contribution in [2.75, 3.05) is 0 Å². The number of likely N-dealkylation sites (tertiary alicyclic amines) is 1. The number of amides is 3. The maximum absolute atomic E-state index is 12.0. The molecule has 0 aromatic carbocycles. The van der Waals surface area contributed by atoms with Crippen LogP contribution in [0.3, 0.4) is 0 Å². The van der Waals surface area contributed by atoms with Crippen molar-refractivity contribution in [2.24, 2.45) is 11.3 Å². The van der Waals surface area contributed by atoms with Gasteiger partial charge in [0.1, 0.15) is 0 Å². The summed E-state index contributed by atoms with van der Waals surface area (Å²) in [5, 5.41) is 0. The fourth-order valence-electron chi connectivity index (χ4n) is 2.20. The van der Waals surface area contributed by atoms with E-state index in [1.807, 2.05) is 13.8 Å². The molecule has 3 N–H and O–H groups in total. The van der Waals surface area contributed by atoms with Crippen molar-refractivity contribution in [3.8, 4) is 0 Å². The third kappa shape index (κ3) is 3.05. The number of thiophene rings is 1. The number of carbonyl (C=O) groups excluding carboxylic acids is 3. The lowest BCUT2D eigenvalue weighted by molar-refractivity contribution is -0.153. The number of hydrogen-bond donors (Lipinski definition) is 2. The number of imide groups is 1. The average Bonchev–Trinajstić information content (AvgIpc) is 2.80. The van der Waals surface area contributed by atoms with Gasteiger partial charge in [-0.05, 0) is 17.5 Å². The van der Waals surface area contributed by atoms with Gasteiger partial charge in [-0.1, -0.05) is 13.8 Å². The first-order valence-corrected chi connectivity index (χ1v) is 7.07.